The molecule has 0 spiro atoms. The quantitative estimate of drug-likeness (QED) is 0.695. The lowest BCUT2D eigenvalue weighted by Crippen LogP contribution is -2.33. The molecule has 1 amide bonds. The number of carbonyl (C=O) groups is 2. The Hall–Kier alpha value is -2.14. The molecule has 0 aliphatic rings. The number of hydrogen-bond acceptors (Lipinski definition) is 3. The first-order valence-corrected chi connectivity index (χ1v) is 6.36. The normalized spacial score (nSPS) is 11.6. The SMILES string of the molecule is CC(C)(N)CCC(=O)Nc1ccc(/C=C/C(=O)O)cc1. The van der Waals surface area contributed by atoms with E-state index in [1.165, 1.54) is 6.08 Å². The summed E-state index contributed by atoms with van der Waals surface area (Å²) in [6, 6.07) is 6.93. The first kappa shape index (κ1) is 15.9. The van der Waals surface area contributed by atoms with E-state index in [0.717, 1.165) is 11.6 Å². The van der Waals surface area contributed by atoms with Gasteiger partial charge < -0.3 is 16.2 Å². The molecule has 4 N–H and O–H groups in total. The van der Waals surface area contributed by atoms with Gasteiger partial charge in [0.15, 0.2) is 0 Å². The van der Waals surface area contributed by atoms with Crippen molar-refractivity contribution in [3.63, 3.8) is 0 Å². The summed E-state index contributed by atoms with van der Waals surface area (Å²) in [5, 5.41) is 11.3. The topological polar surface area (TPSA) is 92.4 Å². The van der Waals surface area contributed by atoms with Crippen LogP contribution in [0, 0.1) is 0 Å². The Kier molecular flexibility index (Phi) is 5.46. The van der Waals surface area contributed by atoms with Gasteiger partial charge in [0.05, 0.1) is 0 Å². The fraction of sp³-hybridized carbons (Fsp3) is 0.333. The lowest BCUT2D eigenvalue weighted by Gasteiger charge is -2.17. The number of hydrogen-bond donors (Lipinski definition) is 3. The average Bonchev–Trinajstić information content (AvgIpc) is 2.35. The standard InChI is InChI=1S/C15H20N2O3/c1-15(2,16)10-9-13(18)17-12-6-3-11(4-7-12)5-8-14(19)20/h3-8H,9-10,16H2,1-2H3,(H,17,18)(H,19,20)/b8-5+. The number of anilines is 1. The van der Waals surface area contributed by atoms with Crippen LogP contribution in [0.25, 0.3) is 6.08 Å². The zero-order valence-electron chi connectivity index (χ0n) is 11.7. The van der Waals surface area contributed by atoms with Crippen molar-refractivity contribution in [2.75, 3.05) is 5.32 Å². The third-order valence-corrected chi connectivity index (χ3v) is 2.61. The van der Waals surface area contributed by atoms with Crippen LogP contribution < -0.4 is 11.1 Å². The molecule has 0 atom stereocenters. The Labute approximate surface area is 118 Å². The summed E-state index contributed by atoms with van der Waals surface area (Å²) in [5.74, 6) is -1.08. The summed E-state index contributed by atoms with van der Waals surface area (Å²) in [6.07, 6.45) is 3.53. The second kappa shape index (κ2) is 6.86. The fourth-order valence-corrected chi connectivity index (χ4v) is 1.50. The number of benzene rings is 1. The summed E-state index contributed by atoms with van der Waals surface area (Å²) in [6.45, 7) is 3.76. The number of rotatable bonds is 6. The molecule has 0 aromatic heterocycles. The summed E-state index contributed by atoms with van der Waals surface area (Å²) < 4.78 is 0. The minimum atomic E-state index is -0.994. The summed E-state index contributed by atoms with van der Waals surface area (Å²) in [5.41, 5.74) is 6.90. The first-order chi connectivity index (χ1) is 9.26. The van der Waals surface area contributed by atoms with Crippen molar-refractivity contribution >= 4 is 23.6 Å². The largest absolute Gasteiger partial charge is 0.478 e. The number of aliphatic carboxylic acids is 1. The minimum absolute atomic E-state index is 0.0858. The highest BCUT2D eigenvalue weighted by atomic mass is 16.4. The van der Waals surface area contributed by atoms with Crippen molar-refractivity contribution in [3.8, 4) is 0 Å². The second-order valence-electron chi connectivity index (χ2n) is 5.33. The molecule has 0 saturated heterocycles. The summed E-state index contributed by atoms with van der Waals surface area (Å²) in [4.78, 5) is 22.1. The van der Waals surface area contributed by atoms with Crippen LogP contribution in [0.1, 0.15) is 32.3 Å². The van der Waals surface area contributed by atoms with Crippen LogP contribution >= 0.6 is 0 Å². The maximum atomic E-state index is 11.7. The van der Waals surface area contributed by atoms with Crippen molar-refractivity contribution in [1.82, 2.24) is 0 Å². The van der Waals surface area contributed by atoms with E-state index in [0.29, 0.717) is 18.5 Å². The molecule has 0 saturated carbocycles. The minimum Gasteiger partial charge on any atom is -0.478 e. The number of carboxylic acids is 1. The number of nitrogens with one attached hydrogen (secondary N) is 1. The molecule has 5 heteroatoms. The van der Waals surface area contributed by atoms with E-state index >= 15 is 0 Å². The maximum absolute atomic E-state index is 11.7. The second-order valence-corrected chi connectivity index (χ2v) is 5.33. The van der Waals surface area contributed by atoms with Gasteiger partial charge in [0, 0.05) is 23.7 Å². The Balaban J connectivity index is 2.53. The molecule has 0 unspecified atom stereocenters. The molecule has 0 radical (unpaired) electrons. The molecule has 1 aromatic rings. The molecule has 0 aliphatic heterocycles. The predicted octanol–water partition coefficient (Wildman–Crippen LogP) is 2.24. The van der Waals surface area contributed by atoms with Crippen molar-refractivity contribution in [3.05, 3.63) is 35.9 Å². The van der Waals surface area contributed by atoms with Crippen molar-refractivity contribution < 1.29 is 14.7 Å². The number of amides is 1. The van der Waals surface area contributed by atoms with Crippen LogP contribution in [-0.4, -0.2) is 22.5 Å². The fourth-order valence-electron chi connectivity index (χ4n) is 1.50. The highest BCUT2D eigenvalue weighted by Crippen LogP contribution is 2.13. The zero-order valence-corrected chi connectivity index (χ0v) is 11.7. The number of carboxylic acid groups (broad SMARTS) is 1. The summed E-state index contributed by atoms with van der Waals surface area (Å²) >= 11 is 0. The van der Waals surface area contributed by atoms with Gasteiger partial charge in [0.2, 0.25) is 5.91 Å². The molecular formula is C15H20N2O3. The average molecular weight is 276 g/mol. The third-order valence-electron chi connectivity index (χ3n) is 2.61. The van der Waals surface area contributed by atoms with Gasteiger partial charge in [-0.15, -0.1) is 0 Å². The van der Waals surface area contributed by atoms with Gasteiger partial charge in [-0.25, -0.2) is 4.79 Å². The smallest absolute Gasteiger partial charge is 0.328 e. The summed E-state index contributed by atoms with van der Waals surface area (Å²) in [7, 11) is 0. The molecular weight excluding hydrogens is 256 g/mol. The van der Waals surface area contributed by atoms with E-state index in [1.807, 2.05) is 13.8 Å². The Morgan fingerprint density at radius 2 is 1.90 bits per heavy atom. The van der Waals surface area contributed by atoms with Crippen molar-refractivity contribution in [2.45, 2.75) is 32.2 Å². The molecule has 1 aromatic carbocycles. The van der Waals surface area contributed by atoms with Gasteiger partial charge in [-0.3, -0.25) is 4.79 Å². The van der Waals surface area contributed by atoms with E-state index in [9.17, 15) is 9.59 Å². The van der Waals surface area contributed by atoms with Gasteiger partial charge in [-0.05, 0) is 44.0 Å². The van der Waals surface area contributed by atoms with Crippen molar-refractivity contribution in [2.24, 2.45) is 5.73 Å². The maximum Gasteiger partial charge on any atom is 0.328 e. The van der Waals surface area contributed by atoms with Gasteiger partial charge in [0.1, 0.15) is 0 Å². The first-order valence-electron chi connectivity index (χ1n) is 6.36. The third kappa shape index (κ3) is 6.70. The Morgan fingerprint density at radius 3 is 2.40 bits per heavy atom. The molecule has 0 fully saturated rings. The van der Waals surface area contributed by atoms with Crippen LogP contribution in [-0.2, 0) is 9.59 Å². The Morgan fingerprint density at radius 1 is 1.30 bits per heavy atom. The number of carbonyl (C=O) groups excluding carboxylic acids is 1. The highest BCUT2D eigenvalue weighted by molar-refractivity contribution is 5.91. The van der Waals surface area contributed by atoms with E-state index in [2.05, 4.69) is 5.32 Å². The van der Waals surface area contributed by atoms with Crippen LogP contribution in [0.3, 0.4) is 0 Å². The lowest BCUT2D eigenvalue weighted by atomic mass is 10.00. The van der Waals surface area contributed by atoms with Gasteiger partial charge >= 0.3 is 5.97 Å². The van der Waals surface area contributed by atoms with E-state index < -0.39 is 5.97 Å². The molecule has 20 heavy (non-hydrogen) atoms. The van der Waals surface area contributed by atoms with E-state index in [4.69, 9.17) is 10.8 Å². The molecule has 0 bridgehead atoms. The van der Waals surface area contributed by atoms with Crippen LogP contribution in [0.5, 0.6) is 0 Å². The van der Waals surface area contributed by atoms with Gasteiger partial charge in [-0.1, -0.05) is 12.1 Å². The van der Waals surface area contributed by atoms with Crippen molar-refractivity contribution in [1.29, 1.82) is 0 Å². The molecule has 108 valence electrons. The zero-order chi connectivity index (χ0) is 15.2. The molecule has 5 nitrogen and oxygen atoms in total. The van der Waals surface area contributed by atoms with Crippen LogP contribution in [0.2, 0.25) is 0 Å². The van der Waals surface area contributed by atoms with Crippen LogP contribution in [0.4, 0.5) is 5.69 Å². The Bertz CT molecular complexity index is 499. The highest BCUT2D eigenvalue weighted by Gasteiger charge is 2.13. The lowest BCUT2D eigenvalue weighted by molar-refractivity contribution is -0.131. The molecule has 0 aliphatic carbocycles. The molecule has 1 rings (SSSR count). The van der Waals surface area contributed by atoms with Gasteiger partial charge in [0.25, 0.3) is 0 Å². The predicted molar refractivity (Wildman–Crippen MR) is 79.2 cm³/mol. The van der Waals surface area contributed by atoms with E-state index in [-0.39, 0.29) is 11.4 Å². The monoisotopic (exact) mass is 276 g/mol. The molecule has 0 heterocycles. The number of nitrogens with two attached hydrogens (primary N) is 1. The van der Waals surface area contributed by atoms with Gasteiger partial charge in [-0.2, -0.15) is 0 Å². The van der Waals surface area contributed by atoms with E-state index in [1.54, 1.807) is 24.3 Å². The van der Waals surface area contributed by atoms with Crippen LogP contribution in [0.15, 0.2) is 30.3 Å².